The number of hydrogen-bond acceptors (Lipinski definition) is 6. The first-order valence-corrected chi connectivity index (χ1v) is 11.4. The van der Waals surface area contributed by atoms with Gasteiger partial charge in [-0.25, -0.2) is 8.42 Å². The van der Waals surface area contributed by atoms with Crippen LogP contribution < -0.4 is 0 Å². The van der Waals surface area contributed by atoms with E-state index in [1.165, 1.54) is 15.3 Å². The molecule has 0 bridgehead atoms. The first kappa shape index (κ1) is 21.8. The SMILES string of the molecule is CN(CCCC(=O)OC(C)(C)C)C(=O)c1sccc1S(=O)(=O)N1CCCC1. The fourth-order valence-corrected chi connectivity index (χ4v) is 5.76. The molecule has 1 saturated heterocycles. The van der Waals surface area contributed by atoms with Crippen molar-refractivity contribution in [1.29, 1.82) is 0 Å². The number of nitrogens with zero attached hydrogens (tertiary/aromatic N) is 2. The van der Waals surface area contributed by atoms with Crippen molar-refractivity contribution >= 4 is 33.2 Å². The van der Waals surface area contributed by atoms with Gasteiger partial charge in [0.05, 0.1) is 0 Å². The van der Waals surface area contributed by atoms with Gasteiger partial charge >= 0.3 is 5.97 Å². The molecule has 27 heavy (non-hydrogen) atoms. The molecule has 0 N–H and O–H groups in total. The summed E-state index contributed by atoms with van der Waals surface area (Å²) in [6, 6.07) is 1.50. The largest absolute Gasteiger partial charge is 0.460 e. The summed E-state index contributed by atoms with van der Waals surface area (Å²) in [5.41, 5.74) is -0.533. The highest BCUT2D eigenvalue weighted by molar-refractivity contribution is 7.89. The second kappa shape index (κ2) is 8.70. The van der Waals surface area contributed by atoms with E-state index in [1.807, 2.05) is 0 Å². The molecule has 0 saturated carbocycles. The lowest BCUT2D eigenvalue weighted by Gasteiger charge is -2.21. The third-order valence-corrected chi connectivity index (χ3v) is 7.12. The molecule has 9 heteroatoms. The zero-order valence-corrected chi connectivity index (χ0v) is 18.0. The number of rotatable bonds is 7. The van der Waals surface area contributed by atoms with Crippen molar-refractivity contribution in [2.45, 2.75) is 57.0 Å². The number of carbonyl (C=O) groups excluding carboxylic acids is 2. The van der Waals surface area contributed by atoms with Gasteiger partial charge < -0.3 is 9.64 Å². The van der Waals surface area contributed by atoms with E-state index >= 15 is 0 Å². The quantitative estimate of drug-likeness (QED) is 0.638. The molecule has 1 aliphatic rings. The maximum absolute atomic E-state index is 12.8. The van der Waals surface area contributed by atoms with Crippen LogP contribution in [0.1, 0.15) is 56.1 Å². The predicted molar refractivity (Wildman–Crippen MR) is 104 cm³/mol. The van der Waals surface area contributed by atoms with E-state index in [2.05, 4.69) is 0 Å². The Labute approximate surface area is 165 Å². The smallest absolute Gasteiger partial charge is 0.306 e. The average molecular weight is 417 g/mol. The van der Waals surface area contributed by atoms with Gasteiger partial charge in [-0.05, 0) is 51.5 Å². The highest BCUT2D eigenvalue weighted by Crippen LogP contribution is 2.28. The van der Waals surface area contributed by atoms with Crippen LogP contribution in [0.4, 0.5) is 0 Å². The minimum Gasteiger partial charge on any atom is -0.460 e. The molecular formula is C18H28N2O5S2. The average Bonchev–Trinajstić information content (AvgIpc) is 3.24. The summed E-state index contributed by atoms with van der Waals surface area (Å²) in [5.74, 6) is -0.649. The molecule has 0 atom stereocenters. The number of hydrogen-bond donors (Lipinski definition) is 0. The van der Waals surface area contributed by atoms with Gasteiger partial charge in [0.1, 0.15) is 15.4 Å². The maximum Gasteiger partial charge on any atom is 0.306 e. The zero-order valence-electron chi connectivity index (χ0n) is 16.4. The van der Waals surface area contributed by atoms with E-state index in [0.717, 1.165) is 24.2 Å². The van der Waals surface area contributed by atoms with Crippen molar-refractivity contribution in [1.82, 2.24) is 9.21 Å². The van der Waals surface area contributed by atoms with E-state index in [4.69, 9.17) is 4.74 Å². The van der Waals surface area contributed by atoms with E-state index in [9.17, 15) is 18.0 Å². The Morgan fingerprint density at radius 2 is 1.89 bits per heavy atom. The summed E-state index contributed by atoms with van der Waals surface area (Å²) >= 11 is 1.13. The Kier molecular flexibility index (Phi) is 7.04. The van der Waals surface area contributed by atoms with E-state index < -0.39 is 15.6 Å². The van der Waals surface area contributed by atoms with Crippen molar-refractivity contribution < 1.29 is 22.7 Å². The summed E-state index contributed by atoms with van der Waals surface area (Å²) in [7, 11) is -2.02. The molecule has 0 unspecified atom stereocenters. The van der Waals surface area contributed by atoms with E-state index in [1.54, 1.807) is 33.2 Å². The van der Waals surface area contributed by atoms with Crippen LogP contribution in [-0.2, 0) is 19.6 Å². The first-order chi connectivity index (χ1) is 12.5. The van der Waals surface area contributed by atoms with Gasteiger partial charge in [0, 0.05) is 33.1 Å². The van der Waals surface area contributed by atoms with Crippen LogP contribution >= 0.6 is 11.3 Å². The van der Waals surface area contributed by atoms with Gasteiger partial charge in [-0.15, -0.1) is 11.3 Å². The fraction of sp³-hybridized carbons (Fsp3) is 0.667. The highest BCUT2D eigenvalue weighted by atomic mass is 32.2. The number of sulfonamides is 1. The molecule has 1 aromatic heterocycles. The monoisotopic (exact) mass is 416 g/mol. The van der Waals surface area contributed by atoms with Crippen molar-refractivity contribution in [2.75, 3.05) is 26.7 Å². The van der Waals surface area contributed by atoms with Gasteiger partial charge in [0.15, 0.2) is 0 Å². The van der Waals surface area contributed by atoms with E-state index in [0.29, 0.717) is 26.1 Å². The Morgan fingerprint density at radius 3 is 2.48 bits per heavy atom. The van der Waals surface area contributed by atoms with Crippen LogP contribution in [0, 0.1) is 0 Å². The lowest BCUT2D eigenvalue weighted by atomic mass is 10.2. The summed E-state index contributed by atoms with van der Waals surface area (Å²) in [4.78, 5) is 26.3. The topological polar surface area (TPSA) is 84.0 Å². The molecule has 0 aliphatic carbocycles. The lowest BCUT2D eigenvalue weighted by molar-refractivity contribution is -0.154. The van der Waals surface area contributed by atoms with Crippen LogP contribution in [0.25, 0.3) is 0 Å². The summed E-state index contributed by atoms with van der Waals surface area (Å²) in [6.45, 7) is 6.76. The molecule has 7 nitrogen and oxygen atoms in total. The zero-order chi connectivity index (χ0) is 20.2. The van der Waals surface area contributed by atoms with Crippen molar-refractivity contribution in [2.24, 2.45) is 0 Å². The molecule has 0 spiro atoms. The van der Waals surface area contributed by atoms with Crippen LogP contribution in [0.15, 0.2) is 16.3 Å². The standard InChI is InChI=1S/C18H28N2O5S2/c1-18(2,3)25-15(21)8-7-10-19(4)17(22)16-14(9-13-26-16)27(23,24)20-11-5-6-12-20/h9,13H,5-8,10-12H2,1-4H3. The Morgan fingerprint density at radius 1 is 1.26 bits per heavy atom. The molecular weight excluding hydrogens is 388 g/mol. The normalized spacial score (nSPS) is 15.7. The van der Waals surface area contributed by atoms with Gasteiger partial charge in [-0.1, -0.05) is 0 Å². The third-order valence-electron chi connectivity index (χ3n) is 4.15. The first-order valence-electron chi connectivity index (χ1n) is 9.07. The summed E-state index contributed by atoms with van der Waals surface area (Å²) < 4.78 is 32.2. The van der Waals surface area contributed by atoms with Crippen molar-refractivity contribution in [3.05, 3.63) is 16.3 Å². The molecule has 1 aromatic rings. The number of ether oxygens (including phenoxy) is 1. The van der Waals surface area contributed by atoms with Gasteiger partial charge in [0.25, 0.3) is 5.91 Å². The molecule has 0 radical (unpaired) electrons. The number of carbonyl (C=O) groups is 2. The molecule has 152 valence electrons. The molecule has 1 aliphatic heterocycles. The third kappa shape index (κ3) is 5.76. The fourth-order valence-electron chi connectivity index (χ4n) is 2.85. The summed E-state index contributed by atoms with van der Waals surface area (Å²) in [5, 5.41) is 1.63. The van der Waals surface area contributed by atoms with Crippen LogP contribution in [0.5, 0.6) is 0 Å². The minimum absolute atomic E-state index is 0.0818. The van der Waals surface area contributed by atoms with Crippen LogP contribution in [-0.4, -0.2) is 61.8 Å². The Balaban J connectivity index is 1.98. The number of esters is 1. The van der Waals surface area contributed by atoms with Crippen LogP contribution in [0.3, 0.4) is 0 Å². The van der Waals surface area contributed by atoms with Crippen molar-refractivity contribution in [3.8, 4) is 0 Å². The Hall–Kier alpha value is -1.45. The molecule has 2 heterocycles. The van der Waals surface area contributed by atoms with E-state index in [-0.39, 0.29) is 28.1 Å². The Bertz CT molecular complexity index is 774. The number of thiophene rings is 1. The number of amides is 1. The van der Waals surface area contributed by atoms with Gasteiger partial charge in [0.2, 0.25) is 10.0 Å². The maximum atomic E-state index is 12.8. The summed E-state index contributed by atoms with van der Waals surface area (Å²) in [6.07, 6.45) is 2.35. The molecule has 1 fully saturated rings. The lowest BCUT2D eigenvalue weighted by Crippen LogP contribution is -2.32. The predicted octanol–water partition coefficient (Wildman–Crippen LogP) is 2.73. The minimum atomic E-state index is -3.64. The van der Waals surface area contributed by atoms with Crippen molar-refractivity contribution in [3.63, 3.8) is 0 Å². The van der Waals surface area contributed by atoms with Gasteiger partial charge in [-0.2, -0.15) is 4.31 Å². The molecule has 0 aromatic carbocycles. The molecule has 1 amide bonds. The molecule has 2 rings (SSSR count). The highest BCUT2D eigenvalue weighted by Gasteiger charge is 2.32. The second-order valence-electron chi connectivity index (χ2n) is 7.64. The van der Waals surface area contributed by atoms with Gasteiger partial charge in [-0.3, -0.25) is 9.59 Å². The second-order valence-corrected chi connectivity index (χ2v) is 10.5. The van der Waals surface area contributed by atoms with Crippen LogP contribution in [0.2, 0.25) is 0 Å².